The maximum Gasteiger partial charge on any atom is 0.251 e. The molecular formula is C14H13N3O2. The Morgan fingerprint density at radius 2 is 1.95 bits per heavy atom. The number of nitrogens with two attached hydrogens (primary N) is 1. The number of anilines is 1. The van der Waals surface area contributed by atoms with Crippen molar-refractivity contribution in [2.24, 2.45) is 5.18 Å². The Kier molecular flexibility index (Phi) is 3.87. The molecule has 0 aliphatic heterocycles. The number of benzene rings is 2. The zero-order valence-corrected chi connectivity index (χ0v) is 10.2. The Morgan fingerprint density at radius 1 is 1.16 bits per heavy atom. The molecule has 2 rings (SSSR count). The van der Waals surface area contributed by atoms with E-state index in [1.165, 1.54) is 6.07 Å². The Morgan fingerprint density at radius 3 is 2.68 bits per heavy atom. The highest BCUT2D eigenvalue weighted by Crippen LogP contribution is 2.13. The minimum Gasteiger partial charge on any atom is -0.399 e. The molecule has 0 aliphatic carbocycles. The van der Waals surface area contributed by atoms with Gasteiger partial charge < -0.3 is 11.1 Å². The number of carbonyl (C=O) groups is 1. The lowest BCUT2D eigenvalue weighted by molar-refractivity contribution is 0.0951. The van der Waals surface area contributed by atoms with Crippen molar-refractivity contribution in [1.29, 1.82) is 0 Å². The molecule has 2 aromatic carbocycles. The molecule has 0 spiro atoms. The molecule has 96 valence electrons. The predicted octanol–water partition coefficient (Wildman–Crippen LogP) is 2.60. The first kappa shape index (κ1) is 12.8. The van der Waals surface area contributed by atoms with E-state index in [0.29, 0.717) is 17.8 Å². The van der Waals surface area contributed by atoms with Crippen LogP contribution in [0, 0.1) is 4.91 Å². The molecule has 3 N–H and O–H groups in total. The highest BCUT2D eigenvalue weighted by atomic mass is 16.3. The summed E-state index contributed by atoms with van der Waals surface area (Å²) in [6, 6.07) is 13.5. The van der Waals surface area contributed by atoms with Crippen LogP contribution in [0.2, 0.25) is 0 Å². The number of hydrogen-bond acceptors (Lipinski definition) is 4. The monoisotopic (exact) mass is 255 g/mol. The SMILES string of the molecule is Nc1cccc(CNC(=O)c2cccc(N=O)c2)c1. The van der Waals surface area contributed by atoms with Gasteiger partial charge >= 0.3 is 0 Å². The van der Waals surface area contributed by atoms with Crippen molar-refractivity contribution >= 4 is 17.3 Å². The fourth-order valence-electron chi connectivity index (χ4n) is 1.69. The fourth-order valence-corrected chi connectivity index (χ4v) is 1.69. The van der Waals surface area contributed by atoms with Gasteiger partial charge in [0.15, 0.2) is 0 Å². The van der Waals surface area contributed by atoms with Gasteiger partial charge in [-0.2, -0.15) is 0 Å². The highest BCUT2D eigenvalue weighted by molar-refractivity contribution is 5.94. The van der Waals surface area contributed by atoms with Crippen LogP contribution in [0.3, 0.4) is 0 Å². The average molecular weight is 255 g/mol. The molecule has 0 heterocycles. The van der Waals surface area contributed by atoms with Gasteiger partial charge in [-0.15, -0.1) is 4.91 Å². The molecule has 5 nitrogen and oxygen atoms in total. The van der Waals surface area contributed by atoms with Gasteiger partial charge in [0, 0.05) is 17.8 Å². The summed E-state index contributed by atoms with van der Waals surface area (Å²) in [6.07, 6.45) is 0. The third-order valence-electron chi connectivity index (χ3n) is 2.62. The molecule has 0 saturated carbocycles. The van der Waals surface area contributed by atoms with E-state index in [1.807, 2.05) is 12.1 Å². The summed E-state index contributed by atoms with van der Waals surface area (Å²) in [5, 5.41) is 5.55. The van der Waals surface area contributed by atoms with E-state index < -0.39 is 0 Å². The van der Waals surface area contributed by atoms with Crippen LogP contribution in [0.4, 0.5) is 11.4 Å². The minimum absolute atomic E-state index is 0.233. The number of carbonyl (C=O) groups excluding carboxylic acids is 1. The number of nitrogens with zero attached hydrogens (tertiary/aromatic N) is 1. The van der Waals surface area contributed by atoms with Crippen LogP contribution in [-0.2, 0) is 6.54 Å². The van der Waals surface area contributed by atoms with E-state index in [9.17, 15) is 9.70 Å². The topological polar surface area (TPSA) is 84.5 Å². The first-order valence-electron chi connectivity index (χ1n) is 5.75. The van der Waals surface area contributed by atoms with Crippen molar-refractivity contribution in [3.05, 3.63) is 64.6 Å². The lowest BCUT2D eigenvalue weighted by Gasteiger charge is -2.06. The Balaban J connectivity index is 2.03. The summed E-state index contributed by atoms with van der Waals surface area (Å²) >= 11 is 0. The fraction of sp³-hybridized carbons (Fsp3) is 0.0714. The number of nitrogens with one attached hydrogen (secondary N) is 1. The lowest BCUT2D eigenvalue weighted by Crippen LogP contribution is -2.22. The lowest BCUT2D eigenvalue weighted by atomic mass is 10.1. The predicted molar refractivity (Wildman–Crippen MR) is 73.9 cm³/mol. The van der Waals surface area contributed by atoms with Crippen LogP contribution in [0.25, 0.3) is 0 Å². The Bertz CT molecular complexity index is 611. The molecule has 0 aromatic heterocycles. The maximum absolute atomic E-state index is 11.9. The van der Waals surface area contributed by atoms with Crippen LogP contribution in [0.5, 0.6) is 0 Å². The van der Waals surface area contributed by atoms with Gasteiger partial charge in [0.1, 0.15) is 5.69 Å². The smallest absolute Gasteiger partial charge is 0.251 e. The van der Waals surface area contributed by atoms with Gasteiger partial charge in [-0.05, 0) is 41.1 Å². The number of nitrogen functional groups attached to an aromatic ring is 1. The van der Waals surface area contributed by atoms with Crippen molar-refractivity contribution in [2.75, 3.05) is 5.73 Å². The van der Waals surface area contributed by atoms with E-state index in [2.05, 4.69) is 10.5 Å². The molecule has 0 unspecified atom stereocenters. The molecule has 1 amide bonds. The van der Waals surface area contributed by atoms with Crippen molar-refractivity contribution < 1.29 is 4.79 Å². The van der Waals surface area contributed by atoms with Crippen LogP contribution >= 0.6 is 0 Å². The summed E-state index contributed by atoms with van der Waals surface area (Å²) in [6.45, 7) is 0.378. The summed E-state index contributed by atoms with van der Waals surface area (Å²) in [5.74, 6) is -0.257. The van der Waals surface area contributed by atoms with Crippen LogP contribution in [0.15, 0.2) is 53.7 Å². The molecule has 0 radical (unpaired) electrons. The number of nitroso groups, excluding NO2 is 1. The Labute approximate surface area is 110 Å². The second-order valence-electron chi connectivity index (χ2n) is 4.07. The van der Waals surface area contributed by atoms with E-state index in [1.54, 1.807) is 30.3 Å². The molecule has 19 heavy (non-hydrogen) atoms. The van der Waals surface area contributed by atoms with Gasteiger partial charge in [-0.3, -0.25) is 4.79 Å². The van der Waals surface area contributed by atoms with E-state index >= 15 is 0 Å². The van der Waals surface area contributed by atoms with Crippen LogP contribution in [0.1, 0.15) is 15.9 Å². The molecule has 0 atom stereocenters. The van der Waals surface area contributed by atoms with Gasteiger partial charge in [0.25, 0.3) is 5.91 Å². The average Bonchev–Trinajstić information content (AvgIpc) is 2.45. The first-order valence-corrected chi connectivity index (χ1v) is 5.75. The Hall–Kier alpha value is -2.69. The highest BCUT2D eigenvalue weighted by Gasteiger charge is 2.06. The third-order valence-corrected chi connectivity index (χ3v) is 2.62. The first-order chi connectivity index (χ1) is 9.19. The van der Waals surface area contributed by atoms with Crippen molar-refractivity contribution in [1.82, 2.24) is 5.32 Å². The molecule has 2 aromatic rings. The number of rotatable bonds is 4. The molecule has 0 aliphatic rings. The van der Waals surface area contributed by atoms with Gasteiger partial charge in [-0.1, -0.05) is 18.2 Å². The second-order valence-corrected chi connectivity index (χ2v) is 4.07. The third kappa shape index (κ3) is 3.38. The molecular weight excluding hydrogens is 242 g/mol. The summed E-state index contributed by atoms with van der Waals surface area (Å²) in [5.41, 5.74) is 7.86. The van der Waals surface area contributed by atoms with Crippen molar-refractivity contribution in [3.8, 4) is 0 Å². The van der Waals surface area contributed by atoms with Gasteiger partial charge in [0.05, 0.1) is 0 Å². The standard InChI is InChI=1S/C14H13N3O2/c15-12-5-1-3-10(7-12)9-16-14(18)11-4-2-6-13(8-11)17-19/h1-8H,9,15H2,(H,16,18). The second kappa shape index (κ2) is 5.77. The van der Waals surface area contributed by atoms with E-state index in [0.717, 1.165) is 5.56 Å². The van der Waals surface area contributed by atoms with Crippen molar-refractivity contribution in [3.63, 3.8) is 0 Å². The molecule has 0 bridgehead atoms. The summed E-state index contributed by atoms with van der Waals surface area (Å²) in [4.78, 5) is 22.3. The zero-order chi connectivity index (χ0) is 13.7. The molecule has 0 saturated heterocycles. The van der Waals surface area contributed by atoms with E-state index in [4.69, 9.17) is 5.73 Å². The van der Waals surface area contributed by atoms with Gasteiger partial charge in [0.2, 0.25) is 0 Å². The van der Waals surface area contributed by atoms with Crippen LogP contribution < -0.4 is 11.1 Å². The van der Waals surface area contributed by atoms with Crippen molar-refractivity contribution in [2.45, 2.75) is 6.54 Å². The maximum atomic E-state index is 11.9. The normalized spacial score (nSPS) is 9.89. The molecule has 5 heteroatoms. The van der Waals surface area contributed by atoms with Gasteiger partial charge in [-0.25, -0.2) is 0 Å². The van der Waals surface area contributed by atoms with Crippen LogP contribution in [-0.4, -0.2) is 5.91 Å². The number of amides is 1. The van der Waals surface area contributed by atoms with E-state index in [-0.39, 0.29) is 11.6 Å². The quantitative estimate of drug-likeness (QED) is 0.650. The summed E-state index contributed by atoms with van der Waals surface area (Å²) < 4.78 is 0. The zero-order valence-electron chi connectivity index (χ0n) is 10.2. The minimum atomic E-state index is -0.257. The molecule has 0 fully saturated rings. The largest absolute Gasteiger partial charge is 0.399 e. The number of hydrogen-bond donors (Lipinski definition) is 2. The summed E-state index contributed by atoms with van der Waals surface area (Å²) in [7, 11) is 0.